The Balaban J connectivity index is 1.89. The number of benzene rings is 3. The molecule has 3 rings (SSSR count). The van der Waals surface area contributed by atoms with Crippen molar-refractivity contribution in [1.29, 1.82) is 0 Å². The minimum atomic E-state index is -0.999. The zero-order valence-electron chi connectivity index (χ0n) is 16.1. The fraction of sp³-hybridized carbons (Fsp3) is 0.0800. The fourth-order valence-corrected chi connectivity index (χ4v) is 3.34. The highest BCUT2D eigenvalue weighted by Crippen LogP contribution is 2.30. The van der Waals surface area contributed by atoms with E-state index < -0.39 is 11.8 Å². The molecule has 3 aromatic carbocycles. The second-order valence-corrected chi connectivity index (χ2v) is 7.21. The van der Waals surface area contributed by atoms with Crippen molar-refractivity contribution in [2.75, 3.05) is 0 Å². The largest absolute Gasteiger partial charge is 0.508 e. The van der Waals surface area contributed by atoms with E-state index in [0.717, 1.165) is 40.3 Å². The lowest BCUT2D eigenvalue weighted by atomic mass is 9.95. The molecule has 5 heteroatoms. The molecule has 152 valence electrons. The van der Waals surface area contributed by atoms with Gasteiger partial charge in [0.2, 0.25) is 0 Å². The zero-order chi connectivity index (χ0) is 21.5. The minimum absolute atomic E-state index is 0.216. The third kappa shape index (κ3) is 6.06. The molecule has 0 spiro atoms. The van der Waals surface area contributed by atoms with Crippen LogP contribution in [0.4, 0.5) is 4.39 Å². The normalized spacial score (nSPS) is 11.7. The Morgan fingerprint density at radius 3 is 2.27 bits per heavy atom. The highest BCUT2D eigenvalue weighted by molar-refractivity contribution is 6.32. The first-order valence-electron chi connectivity index (χ1n) is 9.36. The lowest BCUT2D eigenvalue weighted by Gasteiger charge is -2.11. The number of phenolic OH excluding ortho intramolecular Hbond substituents is 1. The maximum absolute atomic E-state index is 13.5. The first-order chi connectivity index (χ1) is 14.4. The smallest absolute Gasteiger partial charge is 0.328 e. The molecule has 0 fully saturated rings. The van der Waals surface area contributed by atoms with Crippen LogP contribution in [0.2, 0.25) is 5.02 Å². The van der Waals surface area contributed by atoms with Crippen LogP contribution in [0.5, 0.6) is 5.75 Å². The Bertz CT molecular complexity index is 1080. The second kappa shape index (κ2) is 9.90. The monoisotopic (exact) mass is 422 g/mol. The highest BCUT2D eigenvalue weighted by atomic mass is 35.5. The number of allylic oxidation sites excluding steroid dienone is 1. The van der Waals surface area contributed by atoms with E-state index in [0.29, 0.717) is 11.4 Å². The first-order valence-corrected chi connectivity index (χ1v) is 9.73. The number of carboxylic acids is 1. The van der Waals surface area contributed by atoms with Gasteiger partial charge in [-0.25, -0.2) is 9.18 Å². The standard InChI is InChI=1S/C25H20ClFO3/c26-24-16-21(27)10-13-23(24)20(9-5-18-6-11-22(28)12-7-18)15-19-3-1-17(2-4-19)8-14-25(29)30/h1-4,6-8,10-16,28H,5,9H2,(H,29,30)/b14-8+,20-15+. The number of halogens is 2. The predicted molar refractivity (Wildman–Crippen MR) is 119 cm³/mol. The molecule has 0 bridgehead atoms. The molecule has 3 aromatic rings. The number of carboxylic acid groups (broad SMARTS) is 1. The van der Waals surface area contributed by atoms with Crippen LogP contribution in [-0.2, 0) is 11.2 Å². The lowest BCUT2D eigenvalue weighted by Crippen LogP contribution is -1.92. The van der Waals surface area contributed by atoms with Gasteiger partial charge in [-0.15, -0.1) is 0 Å². The summed E-state index contributed by atoms with van der Waals surface area (Å²) in [5, 5.41) is 18.5. The van der Waals surface area contributed by atoms with Crippen molar-refractivity contribution in [3.8, 4) is 5.75 Å². The fourth-order valence-electron chi connectivity index (χ4n) is 3.05. The van der Waals surface area contributed by atoms with Gasteiger partial charge in [-0.1, -0.05) is 60.1 Å². The number of hydrogen-bond acceptors (Lipinski definition) is 2. The zero-order valence-corrected chi connectivity index (χ0v) is 16.8. The van der Waals surface area contributed by atoms with Crippen molar-refractivity contribution in [3.05, 3.63) is 106 Å². The molecule has 0 atom stereocenters. The third-order valence-electron chi connectivity index (χ3n) is 4.59. The van der Waals surface area contributed by atoms with Crippen molar-refractivity contribution >= 4 is 35.3 Å². The van der Waals surface area contributed by atoms with Gasteiger partial charge in [0, 0.05) is 6.08 Å². The van der Waals surface area contributed by atoms with Crippen molar-refractivity contribution in [2.24, 2.45) is 0 Å². The van der Waals surface area contributed by atoms with Gasteiger partial charge in [0.1, 0.15) is 11.6 Å². The molecule has 0 heterocycles. The topological polar surface area (TPSA) is 57.5 Å². The molecule has 3 nitrogen and oxygen atoms in total. The maximum Gasteiger partial charge on any atom is 0.328 e. The molecular formula is C25H20ClFO3. The van der Waals surface area contributed by atoms with Crippen molar-refractivity contribution in [3.63, 3.8) is 0 Å². The van der Waals surface area contributed by atoms with Crippen LogP contribution in [-0.4, -0.2) is 16.2 Å². The van der Waals surface area contributed by atoms with Gasteiger partial charge in [0.25, 0.3) is 0 Å². The summed E-state index contributed by atoms with van der Waals surface area (Å²) in [6, 6.07) is 18.8. The molecule has 2 N–H and O–H groups in total. The van der Waals surface area contributed by atoms with Crippen LogP contribution in [0.15, 0.2) is 72.8 Å². The second-order valence-electron chi connectivity index (χ2n) is 6.80. The van der Waals surface area contributed by atoms with Gasteiger partial charge in [-0.05, 0) is 71.0 Å². The maximum atomic E-state index is 13.5. The van der Waals surface area contributed by atoms with Gasteiger partial charge in [0.05, 0.1) is 5.02 Å². The van der Waals surface area contributed by atoms with Crippen LogP contribution in [0, 0.1) is 5.82 Å². The Labute approximate surface area is 179 Å². The Kier molecular flexibility index (Phi) is 7.04. The van der Waals surface area contributed by atoms with Gasteiger partial charge < -0.3 is 10.2 Å². The van der Waals surface area contributed by atoms with E-state index in [4.69, 9.17) is 16.7 Å². The van der Waals surface area contributed by atoms with Crippen LogP contribution in [0.3, 0.4) is 0 Å². The van der Waals surface area contributed by atoms with Crippen molar-refractivity contribution < 1.29 is 19.4 Å². The Morgan fingerprint density at radius 2 is 1.63 bits per heavy atom. The molecule has 0 aliphatic carbocycles. The molecular weight excluding hydrogens is 403 g/mol. The molecule has 30 heavy (non-hydrogen) atoms. The third-order valence-corrected chi connectivity index (χ3v) is 4.90. The number of aryl methyl sites for hydroxylation is 1. The average Bonchev–Trinajstić information content (AvgIpc) is 2.72. The molecule has 0 saturated heterocycles. The molecule has 0 aliphatic rings. The highest BCUT2D eigenvalue weighted by Gasteiger charge is 2.09. The Hall–Kier alpha value is -3.37. The number of hydrogen-bond donors (Lipinski definition) is 2. The van der Waals surface area contributed by atoms with Gasteiger partial charge >= 0.3 is 5.97 Å². The molecule has 0 radical (unpaired) electrons. The number of aromatic hydroxyl groups is 1. The van der Waals surface area contributed by atoms with Crippen molar-refractivity contribution in [2.45, 2.75) is 12.8 Å². The van der Waals surface area contributed by atoms with Gasteiger partial charge in [-0.2, -0.15) is 0 Å². The van der Waals surface area contributed by atoms with Gasteiger partial charge in [-0.3, -0.25) is 0 Å². The predicted octanol–water partition coefficient (Wildman–Crippen LogP) is 6.46. The lowest BCUT2D eigenvalue weighted by molar-refractivity contribution is -0.131. The molecule has 0 amide bonds. The summed E-state index contributed by atoms with van der Waals surface area (Å²) < 4.78 is 13.5. The summed E-state index contributed by atoms with van der Waals surface area (Å²) >= 11 is 6.31. The van der Waals surface area contributed by atoms with E-state index in [1.165, 1.54) is 18.2 Å². The molecule has 0 saturated carbocycles. The molecule has 0 aliphatic heterocycles. The summed E-state index contributed by atoms with van der Waals surface area (Å²) in [5.74, 6) is -1.18. The van der Waals surface area contributed by atoms with E-state index in [2.05, 4.69) is 0 Å². The number of phenols is 1. The number of rotatable bonds is 7. The van der Waals surface area contributed by atoms with Crippen LogP contribution >= 0.6 is 11.6 Å². The summed E-state index contributed by atoms with van der Waals surface area (Å²) in [4.78, 5) is 10.7. The first kappa shape index (κ1) is 21.3. The van der Waals surface area contributed by atoms with E-state index >= 15 is 0 Å². The number of carbonyl (C=O) groups is 1. The summed E-state index contributed by atoms with van der Waals surface area (Å²) in [6.45, 7) is 0. The summed E-state index contributed by atoms with van der Waals surface area (Å²) in [7, 11) is 0. The van der Waals surface area contributed by atoms with Crippen molar-refractivity contribution in [1.82, 2.24) is 0 Å². The average molecular weight is 423 g/mol. The van der Waals surface area contributed by atoms with E-state index in [1.807, 2.05) is 42.5 Å². The quantitative estimate of drug-likeness (QED) is 0.339. The minimum Gasteiger partial charge on any atom is -0.508 e. The molecule has 0 unspecified atom stereocenters. The summed E-state index contributed by atoms with van der Waals surface area (Å²) in [6.07, 6.45) is 5.99. The molecule has 0 aromatic heterocycles. The van der Waals surface area contributed by atoms with E-state index in [-0.39, 0.29) is 5.75 Å². The SMILES string of the molecule is O=C(O)/C=C/c1ccc(/C=C(\CCc2ccc(O)cc2)c2ccc(F)cc2Cl)cc1. The van der Waals surface area contributed by atoms with Crippen LogP contribution < -0.4 is 0 Å². The van der Waals surface area contributed by atoms with E-state index in [1.54, 1.807) is 18.2 Å². The van der Waals surface area contributed by atoms with Crippen LogP contribution in [0.25, 0.3) is 17.7 Å². The summed E-state index contributed by atoms with van der Waals surface area (Å²) in [5.41, 5.74) is 4.46. The van der Waals surface area contributed by atoms with Crippen LogP contribution in [0.1, 0.15) is 28.7 Å². The van der Waals surface area contributed by atoms with E-state index in [9.17, 15) is 14.3 Å². The van der Waals surface area contributed by atoms with Gasteiger partial charge in [0.15, 0.2) is 0 Å². The Morgan fingerprint density at radius 1 is 0.967 bits per heavy atom. The number of aliphatic carboxylic acids is 1.